The summed E-state index contributed by atoms with van der Waals surface area (Å²) in [5, 5.41) is 12.1. The smallest absolute Gasteiger partial charge is 0.217 e. The molecule has 1 amide bonds. The summed E-state index contributed by atoms with van der Waals surface area (Å²) >= 11 is 0. The fourth-order valence-electron chi connectivity index (χ4n) is 1.05. The van der Waals surface area contributed by atoms with Gasteiger partial charge in [-0.25, -0.2) is 0 Å². The van der Waals surface area contributed by atoms with Crippen LogP contribution in [0.4, 0.5) is 0 Å². The minimum absolute atomic E-state index is 0.0284. The third-order valence-electron chi connectivity index (χ3n) is 1.40. The highest BCUT2D eigenvalue weighted by atomic mass is 16.1. The summed E-state index contributed by atoms with van der Waals surface area (Å²) in [6.45, 7) is 3.28. The Balaban J connectivity index is 3.70. The number of hydrogen-bond acceptors (Lipinski definition) is 3. The van der Waals surface area contributed by atoms with Crippen molar-refractivity contribution in [1.29, 1.82) is 5.41 Å². The van der Waals surface area contributed by atoms with E-state index in [1.165, 1.54) is 6.92 Å². The molecular formula is C7H17N5O. The van der Waals surface area contributed by atoms with Crippen molar-refractivity contribution in [2.45, 2.75) is 32.5 Å². The molecule has 0 saturated heterocycles. The van der Waals surface area contributed by atoms with Crippen LogP contribution in [0.15, 0.2) is 0 Å². The Labute approximate surface area is 77.6 Å². The zero-order valence-corrected chi connectivity index (χ0v) is 7.92. The third-order valence-corrected chi connectivity index (χ3v) is 1.40. The van der Waals surface area contributed by atoms with Gasteiger partial charge >= 0.3 is 0 Å². The summed E-state index contributed by atoms with van der Waals surface area (Å²) in [7, 11) is 0. The van der Waals surface area contributed by atoms with E-state index in [2.05, 4.69) is 10.6 Å². The van der Waals surface area contributed by atoms with E-state index in [0.29, 0.717) is 6.42 Å². The van der Waals surface area contributed by atoms with Gasteiger partial charge in [-0.3, -0.25) is 10.2 Å². The fraction of sp³-hybridized carbons (Fsp3) is 0.714. The first kappa shape index (κ1) is 11.7. The molecule has 76 valence electrons. The van der Waals surface area contributed by atoms with Crippen molar-refractivity contribution < 1.29 is 4.79 Å². The maximum absolute atomic E-state index is 10.6. The topological polar surface area (TPSA) is 117 Å². The summed E-state index contributed by atoms with van der Waals surface area (Å²) in [6, 6.07) is -0.0284. The van der Waals surface area contributed by atoms with Crippen molar-refractivity contribution in [3.8, 4) is 0 Å². The summed E-state index contributed by atoms with van der Waals surface area (Å²) in [4.78, 5) is 10.6. The van der Waals surface area contributed by atoms with Crippen molar-refractivity contribution in [3.05, 3.63) is 0 Å². The maximum Gasteiger partial charge on any atom is 0.217 e. The molecule has 2 unspecified atom stereocenters. The second-order valence-electron chi connectivity index (χ2n) is 3.00. The van der Waals surface area contributed by atoms with Crippen LogP contribution in [0.5, 0.6) is 0 Å². The molecule has 7 N–H and O–H groups in total. The lowest BCUT2D eigenvalue weighted by molar-refractivity contribution is -0.119. The van der Waals surface area contributed by atoms with Gasteiger partial charge in [0.05, 0.1) is 6.17 Å². The lowest BCUT2D eigenvalue weighted by Crippen LogP contribution is -2.48. The van der Waals surface area contributed by atoms with Crippen molar-refractivity contribution in [2.75, 3.05) is 0 Å². The maximum atomic E-state index is 10.6. The molecular weight excluding hydrogens is 170 g/mol. The third kappa shape index (κ3) is 7.07. The quantitative estimate of drug-likeness (QED) is 0.213. The number of amides is 1. The highest BCUT2D eigenvalue weighted by Crippen LogP contribution is 1.92. The Kier molecular flexibility index (Phi) is 4.83. The number of rotatable bonds is 4. The van der Waals surface area contributed by atoms with Gasteiger partial charge in [0, 0.05) is 19.4 Å². The number of hydrogen-bond donors (Lipinski definition) is 5. The van der Waals surface area contributed by atoms with Gasteiger partial charge in [-0.15, -0.1) is 0 Å². The van der Waals surface area contributed by atoms with Gasteiger partial charge in [-0.05, 0) is 6.92 Å². The van der Waals surface area contributed by atoms with Gasteiger partial charge in [-0.2, -0.15) is 0 Å². The molecule has 6 heteroatoms. The van der Waals surface area contributed by atoms with Crippen molar-refractivity contribution in [3.63, 3.8) is 0 Å². The number of guanidine groups is 1. The molecule has 13 heavy (non-hydrogen) atoms. The van der Waals surface area contributed by atoms with Gasteiger partial charge in [0.25, 0.3) is 0 Å². The van der Waals surface area contributed by atoms with Crippen molar-refractivity contribution in [1.82, 2.24) is 10.6 Å². The zero-order chi connectivity index (χ0) is 10.4. The van der Waals surface area contributed by atoms with E-state index < -0.39 is 6.17 Å². The molecule has 0 saturated carbocycles. The van der Waals surface area contributed by atoms with E-state index in [4.69, 9.17) is 16.9 Å². The summed E-state index contributed by atoms with van der Waals surface area (Å²) in [5.41, 5.74) is 10.6. The minimum atomic E-state index is -0.403. The predicted octanol–water partition coefficient (Wildman–Crippen LogP) is -1.33. The highest BCUT2D eigenvalue weighted by molar-refractivity contribution is 5.74. The zero-order valence-electron chi connectivity index (χ0n) is 7.92. The Hall–Kier alpha value is -1.30. The highest BCUT2D eigenvalue weighted by Gasteiger charge is 2.09. The Morgan fingerprint density at radius 1 is 1.54 bits per heavy atom. The monoisotopic (exact) mass is 187 g/mol. The minimum Gasteiger partial charge on any atom is -0.370 e. The first-order valence-electron chi connectivity index (χ1n) is 4.05. The standard InChI is InChI=1S/C7H17N5O/c1-4(11-5(2)13)3-6(8)12-7(9)10/h4,6H,3,8H2,1-2H3,(H,11,13)(H4,9,10,12). The van der Waals surface area contributed by atoms with Gasteiger partial charge in [-0.1, -0.05) is 0 Å². The molecule has 2 atom stereocenters. The van der Waals surface area contributed by atoms with Crippen LogP contribution in [-0.2, 0) is 4.79 Å². The van der Waals surface area contributed by atoms with E-state index in [1.54, 1.807) is 0 Å². The molecule has 6 nitrogen and oxygen atoms in total. The van der Waals surface area contributed by atoms with E-state index in [1.807, 2.05) is 6.92 Å². The number of nitrogens with one attached hydrogen (secondary N) is 3. The summed E-state index contributed by atoms with van der Waals surface area (Å²) in [5.74, 6) is -0.259. The van der Waals surface area contributed by atoms with Crippen molar-refractivity contribution in [2.24, 2.45) is 11.5 Å². The molecule has 0 heterocycles. The van der Waals surface area contributed by atoms with E-state index in [0.717, 1.165) is 0 Å². The first-order chi connectivity index (χ1) is 5.91. The number of nitrogens with two attached hydrogens (primary N) is 2. The molecule has 0 radical (unpaired) electrons. The largest absolute Gasteiger partial charge is 0.370 e. The Morgan fingerprint density at radius 2 is 2.08 bits per heavy atom. The molecule has 0 aliphatic heterocycles. The van der Waals surface area contributed by atoms with E-state index in [-0.39, 0.29) is 17.9 Å². The van der Waals surface area contributed by atoms with Crippen LogP contribution >= 0.6 is 0 Å². The second-order valence-corrected chi connectivity index (χ2v) is 3.00. The van der Waals surface area contributed by atoms with Gasteiger partial charge in [0.15, 0.2) is 5.96 Å². The Bertz CT molecular complexity index is 173. The Morgan fingerprint density at radius 3 is 2.46 bits per heavy atom. The fourth-order valence-corrected chi connectivity index (χ4v) is 1.05. The molecule has 0 bridgehead atoms. The number of carbonyl (C=O) groups excluding carboxylic acids is 1. The molecule has 0 aromatic rings. The molecule has 0 fully saturated rings. The average molecular weight is 187 g/mol. The molecule has 0 aliphatic rings. The summed E-state index contributed by atoms with van der Waals surface area (Å²) < 4.78 is 0. The molecule has 0 aliphatic carbocycles. The van der Waals surface area contributed by atoms with E-state index >= 15 is 0 Å². The van der Waals surface area contributed by atoms with Gasteiger partial charge in [0.1, 0.15) is 0 Å². The lowest BCUT2D eigenvalue weighted by Gasteiger charge is -2.18. The predicted molar refractivity (Wildman–Crippen MR) is 50.9 cm³/mol. The van der Waals surface area contributed by atoms with Crippen LogP contribution in [0, 0.1) is 5.41 Å². The van der Waals surface area contributed by atoms with Crippen LogP contribution in [0.25, 0.3) is 0 Å². The first-order valence-corrected chi connectivity index (χ1v) is 4.05. The summed E-state index contributed by atoms with van der Waals surface area (Å²) in [6.07, 6.45) is 0.124. The molecule has 0 spiro atoms. The normalized spacial score (nSPS) is 14.4. The van der Waals surface area contributed by atoms with Crippen LogP contribution in [-0.4, -0.2) is 24.1 Å². The molecule has 0 aromatic carbocycles. The molecule has 0 rings (SSSR count). The second kappa shape index (κ2) is 5.36. The van der Waals surface area contributed by atoms with Crippen LogP contribution < -0.4 is 22.1 Å². The number of carbonyl (C=O) groups is 1. The van der Waals surface area contributed by atoms with Crippen LogP contribution in [0.3, 0.4) is 0 Å². The van der Waals surface area contributed by atoms with E-state index in [9.17, 15) is 4.79 Å². The van der Waals surface area contributed by atoms with Crippen LogP contribution in [0.1, 0.15) is 20.3 Å². The van der Waals surface area contributed by atoms with Gasteiger partial charge < -0.3 is 22.1 Å². The van der Waals surface area contributed by atoms with Gasteiger partial charge in [0.2, 0.25) is 5.91 Å². The van der Waals surface area contributed by atoms with Crippen LogP contribution in [0.2, 0.25) is 0 Å². The lowest BCUT2D eigenvalue weighted by atomic mass is 10.2. The van der Waals surface area contributed by atoms with Crippen molar-refractivity contribution >= 4 is 11.9 Å². The average Bonchev–Trinajstić information content (AvgIpc) is 1.80. The SMILES string of the molecule is CC(=O)NC(C)CC(N)NC(=N)N. The molecule has 0 aromatic heterocycles.